The summed E-state index contributed by atoms with van der Waals surface area (Å²) in [4.78, 5) is 25.6. The van der Waals surface area contributed by atoms with Crippen LogP contribution in [0.3, 0.4) is 0 Å². The number of carbonyl (C=O) groups is 2. The van der Waals surface area contributed by atoms with Crippen LogP contribution in [0.5, 0.6) is 0 Å². The van der Waals surface area contributed by atoms with Crippen molar-refractivity contribution in [2.24, 2.45) is 0 Å². The van der Waals surface area contributed by atoms with Gasteiger partial charge in [-0.25, -0.2) is 0 Å². The Labute approximate surface area is 90.4 Å². The monoisotopic (exact) mass is 213 g/mol. The summed E-state index contributed by atoms with van der Waals surface area (Å²) in [5, 5.41) is 3.08. The van der Waals surface area contributed by atoms with E-state index in [1.807, 2.05) is 4.90 Å². The van der Waals surface area contributed by atoms with Crippen molar-refractivity contribution >= 4 is 12.3 Å². The maximum atomic E-state index is 11.6. The molecule has 1 N–H and O–H groups in total. The standard InChI is InChI=1S/C10H19N3O2/c1-2-3-11-8-10(15)13-6-4-12(9-14)5-7-13/h9,11H,2-8H2,1H3. The molecule has 86 valence electrons. The summed E-state index contributed by atoms with van der Waals surface area (Å²) in [5.74, 6) is 0.133. The van der Waals surface area contributed by atoms with Crippen molar-refractivity contribution < 1.29 is 9.59 Å². The van der Waals surface area contributed by atoms with Crippen LogP contribution in [0.15, 0.2) is 0 Å². The highest BCUT2D eigenvalue weighted by Crippen LogP contribution is 1.99. The summed E-state index contributed by atoms with van der Waals surface area (Å²) in [6.45, 7) is 5.98. The van der Waals surface area contributed by atoms with Crippen molar-refractivity contribution in [2.75, 3.05) is 39.3 Å². The molecule has 1 saturated heterocycles. The molecule has 0 unspecified atom stereocenters. The minimum absolute atomic E-state index is 0.133. The lowest BCUT2D eigenvalue weighted by Gasteiger charge is -2.32. The molecule has 5 nitrogen and oxygen atoms in total. The molecule has 0 aromatic heterocycles. The molecule has 0 atom stereocenters. The summed E-state index contributed by atoms with van der Waals surface area (Å²) in [5.41, 5.74) is 0. The van der Waals surface area contributed by atoms with Gasteiger partial charge in [-0.3, -0.25) is 9.59 Å². The minimum Gasteiger partial charge on any atom is -0.342 e. The third kappa shape index (κ3) is 3.87. The number of nitrogens with zero attached hydrogens (tertiary/aromatic N) is 2. The van der Waals surface area contributed by atoms with Crippen molar-refractivity contribution in [3.8, 4) is 0 Å². The third-order valence-electron chi connectivity index (χ3n) is 2.52. The van der Waals surface area contributed by atoms with Gasteiger partial charge in [0, 0.05) is 26.2 Å². The Hall–Kier alpha value is -1.10. The Kier molecular flexibility index (Phi) is 5.10. The van der Waals surface area contributed by atoms with Crippen molar-refractivity contribution in [3.05, 3.63) is 0 Å². The zero-order valence-electron chi connectivity index (χ0n) is 9.24. The smallest absolute Gasteiger partial charge is 0.236 e. The van der Waals surface area contributed by atoms with Crippen molar-refractivity contribution in [3.63, 3.8) is 0 Å². The van der Waals surface area contributed by atoms with Crippen molar-refractivity contribution in [2.45, 2.75) is 13.3 Å². The van der Waals surface area contributed by atoms with Gasteiger partial charge in [0.25, 0.3) is 0 Å². The van der Waals surface area contributed by atoms with Crippen LogP contribution in [-0.4, -0.2) is 61.4 Å². The quantitative estimate of drug-likeness (QED) is 0.485. The Morgan fingerprint density at radius 2 is 2.00 bits per heavy atom. The molecule has 0 saturated carbocycles. The highest BCUT2D eigenvalue weighted by Gasteiger charge is 2.19. The van der Waals surface area contributed by atoms with E-state index in [-0.39, 0.29) is 5.91 Å². The first-order valence-electron chi connectivity index (χ1n) is 5.45. The summed E-state index contributed by atoms with van der Waals surface area (Å²) < 4.78 is 0. The largest absolute Gasteiger partial charge is 0.342 e. The van der Waals surface area contributed by atoms with Crippen LogP contribution in [0.4, 0.5) is 0 Å². The molecule has 2 amide bonds. The maximum absolute atomic E-state index is 11.6. The van der Waals surface area contributed by atoms with Crippen LogP contribution < -0.4 is 5.32 Å². The molecule has 0 aromatic carbocycles. The number of hydrogen-bond donors (Lipinski definition) is 1. The maximum Gasteiger partial charge on any atom is 0.236 e. The zero-order chi connectivity index (χ0) is 11.1. The van der Waals surface area contributed by atoms with Gasteiger partial charge in [-0.05, 0) is 13.0 Å². The van der Waals surface area contributed by atoms with Gasteiger partial charge in [0.2, 0.25) is 12.3 Å². The van der Waals surface area contributed by atoms with E-state index in [0.29, 0.717) is 32.7 Å². The third-order valence-corrected chi connectivity index (χ3v) is 2.52. The Balaban J connectivity index is 2.21. The number of nitrogens with one attached hydrogen (secondary N) is 1. The SMILES string of the molecule is CCCNCC(=O)N1CCN(C=O)CC1. The second kappa shape index (κ2) is 6.40. The lowest BCUT2D eigenvalue weighted by atomic mass is 10.3. The van der Waals surface area contributed by atoms with Gasteiger partial charge in [0.15, 0.2) is 0 Å². The van der Waals surface area contributed by atoms with Crippen molar-refractivity contribution in [1.82, 2.24) is 15.1 Å². The Bertz CT molecular complexity index is 213. The molecular formula is C10H19N3O2. The molecule has 1 rings (SSSR count). The van der Waals surface area contributed by atoms with Gasteiger partial charge < -0.3 is 15.1 Å². The average Bonchev–Trinajstić information content (AvgIpc) is 2.29. The molecule has 0 spiro atoms. The number of rotatable bonds is 5. The second-order valence-electron chi connectivity index (χ2n) is 3.70. The highest BCUT2D eigenvalue weighted by atomic mass is 16.2. The van der Waals surface area contributed by atoms with Gasteiger partial charge in [0.1, 0.15) is 0 Å². The summed E-state index contributed by atoms with van der Waals surface area (Å²) >= 11 is 0. The van der Waals surface area contributed by atoms with Crippen LogP contribution in [0.2, 0.25) is 0 Å². The molecule has 1 heterocycles. The lowest BCUT2D eigenvalue weighted by molar-refractivity contribution is -0.134. The molecule has 0 aliphatic carbocycles. The molecule has 15 heavy (non-hydrogen) atoms. The first-order valence-corrected chi connectivity index (χ1v) is 5.45. The minimum atomic E-state index is 0.133. The highest BCUT2D eigenvalue weighted by molar-refractivity contribution is 5.78. The Morgan fingerprint density at radius 3 is 2.53 bits per heavy atom. The molecule has 5 heteroatoms. The van der Waals surface area contributed by atoms with Crippen LogP contribution in [0, 0.1) is 0 Å². The van der Waals surface area contributed by atoms with E-state index in [9.17, 15) is 9.59 Å². The lowest BCUT2D eigenvalue weighted by Crippen LogP contribution is -2.50. The molecular weight excluding hydrogens is 194 g/mol. The molecule has 0 bridgehead atoms. The van der Waals surface area contributed by atoms with E-state index in [0.717, 1.165) is 19.4 Å². The zero-order valence-corrected chi connectivity index (χ0v) is 9.24. The first-order chi connectivity index (χ1) is 7.27. The number of amides is 2. The Morgan fingerprint density at radius 1 is 1.33 bits per heavy atom. The topological polar surface area (TPSA) is 52.7 Å². The van der Waals surface area contributed by atoms with E-state index < -0.39 is 0 Å². The predicted molar refractivity (Wildman–Crippen MR) is 57.4 cm³/mol. The van der Waals surface area contributed by atoms with Gasteiger partial charge in [-0.1, -0.05) is 6.92 Å². The molecule has 0 radical (unpaired) electrons. The summed E-state index contributed by atoms with van der Waals surface area (Å²) in [7, 11) is 0. The fourth-order valence-electron chi connectivity index (χ4n) is 1.56. The molecule has 1 aliphatic heterocycles. The molecule has 0 aromatic rings. The van der Waals surface area contributed by atoms with Crippen LogP contribution in [0.1, 0.15) is 13.3 Å². The molecule has 1 fully saturated rings. The molecule has 1 aliphatic rings. The van der Waals surface area contributed by atoms with E-state index in [1.165, 1.54) is 0 Å². The van der Waals surface area contributed by atoms with Crippen molar-refractivity contribution in [1.29, 1.82) is 0 Å². The van der Waals surface area contributed by atoms with Gasteiger partial charge in [0.05, 0.1) is 6.54 Å². The van der Waals surface area contributed by atoms with E-state index in [1.54, 1.807) is 4.90 Å². The number of hydrogen-bond acceptors (Lipinski definition) is 3. The fraction of sp³-hybridized carbons (Fsp3) is 0.800. The normalized spacial score (nSPS) is 16.6. The van der Waals surface area contributed by atoms with E-state index in [2.05, 4.69) is 12.2 Å². The second-order valence-corrected chi connectivity index (χ2v) is 3.70. The van der Waals surface area contributed by atoms with E-state index in [4.69, 9.17) is 0 Å². The predicted octanol–water partition coefficient (Wildman–Crippen LogP) is -0.713. The van der Waals surface area contributed by atoms with Gasteiger partial charge in [-0.2, -0.15) is 0 Å². The van der Waals surface area contributed by atoms with E-state index >= 15 is 0 Å². The van der Waals surface area contributed by atoms with Gasteiger partial charge in [-0.15, -0.1) is 0 Å². The van der Waals surface area contributed by atoms with Crippen LogP contribution in [0.25, 0.3) is 0 Å². The number of carbonyl (C=O) groups excluding carboxylic acids is 2. The summed E-state index contributed by atoms with van der Waals surface area (Å²) in [6.07, 6.45) is 1.88. The van der Waals surface area contributed by atoms with Crippen LogP contribution >= 0.6 is 0 Å². The first kappa shape index (κ1) is 12.0. The average molecular weight is 213 g/mol. The fourth-order valence-corrected chi connectivity index (χ4v) is 1.56. The number of piperazine rings is 1. The van der Waals surface area contributed by atoms with Gasteiger partial charge >= 0.3 is 0 Å². The van der Waals surface area contributed by atoms with Crippen LogP contribution in [-0.2, 0) is 9.59 Å². The summed E-state index contributed by atoms with van der Waals surface area (Å²) in [6, 6.07) is 0.